The van der Waals surface area contributed by atoms with Gasteiger partial charge in [-0.05, 0) is 25.3 Å². The molecule has 18 heavy (non-hydrogen) atoms. The molecule has 0 radical (unpaired) electrons. The van der Waals surface area contributed by atoms with Crippen molar-refractivity contribution < 1.29 is 0 Å². The highest BCUT2D eigenvalue weighted by atomic mass is 35.5. The molecule has 100 valence electrons. The number of likely N-dealkylation sites (tertiary alicyclic amines) is 1. The van der Waals surface area contributed by atoms with Gasteiger partial charge < -0.3 is 4.57 Å². The fourth-order valence-corrected chi connectivity index (χ4v) is 2.74. The Morgan fingerprint density at radius 3 is 3.06 bits per heavy atom. The first kappa shape index (κ1) is 13.6. The lowest BCUT2D eigenvalue weighted by atomic mass is 10.2. The van der Waals surface area contributed by atoms with Crippen LogP contribution in [-0.4, -0.2) is 32.8 Å². The summed E-state index contributed by atoms with van der Waals surface area (Å²) in [4.78, 5) is 2.34. The molecule has 0 aliphatic carbocycles. The fraction of sp³-hybridized carbons (Fsp3) is 0.692. The number of rotatable bonds is 5. The summed E-state index contributed by atoms with van der Waals surface area (Å²) in [7, 11) is 0. The third-order valence-electron chi connectivity index (χ3n) is 3.24. The van der Waals surface area contributed by atoms with Crippen LogP contribution in [0.1, 0.15) is 38.6 Å². The zero-order valence-corrected chi connectivity index (χ0v) is 11.9. The Morgan fingerprint density at radius 2 is 2.39 bits per heavy atom. The lowest BCUT2D eigenvalue weighted by Crippen LogP contribution is -2.27. The third kappa shape index (κ3) is 3.12. The van der Waals surface area contributed by atoms with E-state index in [1.54, 1.807) is 0 Å². The van der Waals surface area contributed by atoms with E-state index in [1.807, 2.05) is 6.33 Å². The summed E-state index contributed by atoms with van der Waals surface area (Å²) >= 11 is 5.93. The maximum Gasteiger partial charge on any atom is 0.150 e. The smallest absolute Gasteiger partial charge is 0.150 e. The van der Waals surface area contributed by atoms with Crippen LogP contribution in [0.3, 0.4) is 0 Å². The lowest BCUT2D eigenvalue weighted by molar-refractivity contribution is 0.264. The Balaban J connectivity index is 2.14. The second-order valence-corrected chi connectivity index (χ2v) is 5.92. The van der Waals surface area contributed by atoms with Gasteiger partial charge in [-0.2, -0.15) is 0 Å². The van der Waals surface area contributed by atoms with E-state index >= 15 is 0 Å². The molecular weight excluding hydrogens is 248 g/mol. The molecule has 0 spiro atoms. The molecule has 0 bridgehead atoms. The van der Waals surface area contributed by atoms with Crippen molar-refractivity contribution in [2.45, 2.75) is 39.3 Å². The highest BCUT2D eigenvalue weighted by Crippen LogP contribution is 2.31. The van der Waals surface area contributed by atoms with Gasteiger partial charge in [0.2, 0.25) is 0 Å². The molecule has 0 aromatic carbocycles. The molecule has 0 unspecified atom stereocenters. The first-order valence-corrected chi connectivity index (χ1v) is 6.90. The molecule has 1 aliphatic heterocycles. The van der Waals surface area contributed by atoms with E-state index in [4.69, 9.17) is 11.6 Å². The minimum atomic E-state index is 0.335. The second kappa shape index (κ2) is 5.85. The van der Waals surface area contributed by atoms with Gasteiger partial charge in [0.15, 0.2) is 0 Å². The van der Waals surface area contributed by atoms with Crippen LogP contribution in [0, 0.1) is 5.92 Å². The van der Waals surface area contributed by atoms with E-state index in [2.05, 4.69) is 40.1 Å². The molecule has 0 amide bonds. The molecule has 0 N–H and O–H groups in total. The predicted molar refractivity (Wildman–Crippen MR) is 73.4 cm³/mol. The van der Waals surface area contributed by atoms with Crippen molar-refractivity contribution in [1.29, 1.82) is 0 Å². The summed E-state index contributed by atoms with van der Waals surface area (Å²) in [6, 6.07) is 0.335. The van der Waals surface area contributed by atoms with Crippen LogP contribution in [-0.2, 0) is 6.54 Å². The van der Waals surface area contributed by atoms with Crippen molar-refractivity contribution in [3.8, 4) is 0 Å². The molecule has 1 aromatic heterocycles. The van der Waals surface area contributed by atoms with Crippen LogP contribution in [0.25, 0.3) is 0 Å². The van der Waals surface area contributed by atoms with Gasteiger partial charge in [0.05, 0.1) is 6.04 Å². The van der Waals surface area contributed by atoms with Crippen LogP contribution >= 0.6 is 11.6 Å². The minimum Gasteiger partial charge on any atom is -0.316 e. The maximum absolute atomic E-state index is 5.93. The van der Waals surface area contributed by atoms with Crippen LogP contribution < -0.4 is 0 Å². The molecule has 1 aromatic rings. The van der Waals surface area contributed by atoms with Crippen molar-refractivity contribution >= 4 is 11.6 Å². The third-order valence-corrected chi connectivity index (χ3v) is 3.36. The minimum absolute atomic E-state index is 0.335. The van der Waals surface area contributed by atoms with Gasteiger partial charge >= 0.3 is 0 Å². The summed E-state index contributed by atoms with van der Waals surface area (Å²) in [5.74, 6) is 1.66. The van der Waals surface area contributed by atoms with Gasteiger partial charge in [-0.1, -0.05) is 32.0 Å². The van der Waals surface area contributed by atoms with E-state index in [9.17, 15) is 0 Å². The quantitative estimate of drug-likeness (QED) is 0.824. The topological polar surface area (TPSA) is 34.0 Å². The summed E-state index contributed by atoms with van der Waals surface area (Å²) in [5.41, 5.74) is 0. The highest BCUT2D eigenvalue weighted by molar-refractivity contribution is 6.29. The number of nitrogens with zero attached hydrogens (tertiary/aromatic N) is 4. The Hall–Kier alpha value is -0.870. The van der Waals surface area contributed by atoms with Gasteiger partial charge in [-0.3, -0.25) is 4.90 Å². The monoisotopic (exact) mass is 268 g/mol. The number of halogens is 1. The molecule has 2 rings (SSSR count). The summed E-state index contributed by atoms with van der Waals surface area (Å²) in [6.07, 6.45) is 4.14. The molecule has 2 heterocycles. The lowest BCUT2D eigenvalue weighted by Gasteiger charge is -2.24. The second-order valence-electron chi connectivity index (χ2n) is 5.38. The van der Waals surface area contributed by atoms with Crippen LogP contribution in [0.15, 0.2) is 17.9 Å². The molecule has 4 nitrogen and oxygen atoms in total. The molecular formula is C13H21ClN4. The first-order chi connectivity index (χ1) is 8.58. The number of hydrogen-bond acceptors (Lipinski definition) is 3. The molecule has 1 atom stereocenters. The predicted octanol–water partition coefficient (Wildman–Crippen LogP) is 2.82. The Bertz CT molecular complexity index is 413. The fourth-order valence-electron chi connectivity index (χ4n) is 2.58. The molecule has 1 fully saturated rings. The van der Waals surface area contributed by atoms with Crippen molar-refractivity contribution in [2.24, 2.45) is 5.92 Å². The molecule has 1 saturated heterocycles. The molecule has 5 heteroatoms. The van der Waals surface area contributed by atoms with Crippen molar-refractivity contribution in [3.63, 3.8) is 0 Å². The summed E-state index contributed by atoms with van der Waals surface area (Å²) < 4.78 is 2.17. The number of hydrogen-bond donors (Lipinski definition) is 0. The van der Waals surface area contributed by atoms with E-state index in [1.165, 1.54) is 6.42 Å². The summed E-state index contributed by atoms with van der Waals surface area (Å²) in [6.45, 7) is 11.0. The van der Waals surface area contributed by atoms with E-state index in [0.717, 1.165) is 31.9 Å². The Morgan fingerprint density at radius 1 is 1.61 bits per heavy atom. The van der Waals surface area contributed by atoms with Gasteiger partial charge in [0.25, 0.3) is 0 Å². The van der Waals surface area contributed by atoms with Gasteiger partial charge in [-0.15, -0.1) is 10.2 Å². The average molecular weight is 269 g/mol. The highest BCUT2D eigenvalue weighted by Gasteiger charge is 2.29. The van der Waals surface area contributed by atoms with Crippen molar-refractivity contribution in [2.75, 3.05) is 13.1 Å². The molecule has 0 saturated carbocycles. The molecule has 1 aliphatic rings. The Kier molecular flexibility index (Phi) is 4.40. The standard InChI is InChI=1S/C13H21ClN4/c1-10(2)7-18-9-15-16-13(18)12-5-4-6-17(12)8-11(3)14/h9-10,12H,3-8H2,1-2H3/t12-/m0/s1. The van der Waals surface area contributed by atoms with Crippen LogP contribution in [0.4, 0.5) is 0 Å². The van der Waals surface area contributed by atoms with Crippen molar-refractivity contribution in [3.05, 3.63) is 23.8 Å². The van der Waals surface area contributed by atoms with Crippen molar-refractivity contribution in [1.82, 2.24) is 19.7 Å². The largest absolute Gasteiger partial charge is 0.316 e. The zero-order chi connectivity index (χ0) is 13.1. The van der Waals surface area contributed by atoms with Crippen LogP contribution in [0.5, 0.6) is 0 Å². The van der Waals surface area contributed by atoms with Gasteiger partial charge in [-0.25, -0.2) is 0 Å². The van der Waals surface area contributed by atoms with E-state index < -0.39 is 0 Å². The van der Waals surface area contributed by atoms with E-state index in [-0.39, 0.29) is 0 Å². The summed E-state index contributed by atoms with van der Waals surface area (Å²) in [5, 5.41) is 9.06. The first-order valence-electron chi connectivity index (χ1n) is 6.53. The zero-order valence-electron chi connectivity index (χ0n) is 11.1. The average Bonchev–Trinajstić information content (AvgIpc) is 2.85. The SMILES string of the molecule is C=C(Cl)CN1CCC[C@H]1c1nncn1CC(C)C. The van der Waals surface area contributed by atoms with E-state index in [0.29, 0.717) is 17.0 Å². The maximum atomic E-state index is 5.93. The van der Waals surface area contributed by atoms with Crippen LogP contribution in [0.2, 0.25) is 0 Å². The van der Waals surface area contributed by atoms with Gasteiger partial charge in [0.1, 0.15) is 12.2 Å². The number of aromatic nitrogens is 3. The van der Waals surface area contributed by atoms with Gasteiger partial charge in [0, 0.05) is 18.1 Å². The normalized spacial score (nSPS) is 20.8. The Labute approximate surface area is 114 Å².